The van der Waals surface area contributed by atoms with Gasteiger partial charge in [-0.05, 0) is 44.8 Å². The number of likely N-dealkylation sites (N-methyl/N-ethyl adjacent to an activating group) is 1. The maximum absolute atomic E-state index is 12.5. The largest absolute Gasteiger partial charge is 0.349 e. The van der Waals surface area contributed by atoms with Gasteiger partial charge in [-0.25, -0.2) is 4.79 Å². The molecule has 2 aromatic rings. The molecule has 144 valence electrons. The minimum Gasteiger partial charge on any atom is -0.349 e. The molecule has 0 aliphatic carbocycles. The monoisotopic (exact) mass is 370 g/mol. The highest BCUT2D eigenvalue weighted by Gasteiger charge is 2.24. The number of rotatable bonds is 5. The number of carbonyl (C=O) groups excluding carboxylic acids is 2. The third-order valence-electron chi connectivity index (χ3n) is 4.43. The zero-order valence-corrected chi connectivity index (χ0v) is 16.0. The van der Waals surface area contributed by atoms with E-state index in [0.29, 0.717) is 31.9 Å². The summed E-state index contributed by atoms with van der Waals surface area (Å²) in [4.78, 5) is 28.5. The fraction of sp³-hybridized carbons (Fsp3) is 0.421. The molecule has 0 fully saturated rings. The Kier molecular flexibility index (Phi) is 5.75. The molecule has 3 amide bonds. The molecule has 0 saturated carbocycles. The maximum atomic E-state index is 12.5. The van der Waals surface area contributed by atoms with Crippen LogP contribution in [-0.2, 0) is 13.1 Å². The number of anilines is 1. The number of benzene rings is 1. The van der Waals surface area contributed by atoms with Crippen molar-refractivity contribution in [3.63, 3.8) is 0 Å². The lowest BCUT2D eigenvalue weighted by molar-refractivity contribution is 0.0945. The first-order valence-corrected chi connectivity index (χ1v) is 9.04. The van der Waals surface area contributed by atoms with Crippen LogP contribution in [0.2, 0.25) is 0 Å². The van der Waals surface area contributed by atoms with Gasteiger partial charge in [0.25, 0.3) is 5.91 Å². The van der Waals surface area contributed by atoms with Crippen LogP contribution in [0.15, 0.2) is 30.3 Å². The molecule has 1 aliphatic rings. The second kappa shape index (κ2) is 8.22. The van der Waals surface area contributed by atoms with Gasteiger partial charge >= 0.3 is 6.03 Å². The summed E-state index contributed by atoms with van der Waals surface area (Å²) in [5.74, 6) is -0.186. The first kappa shape index (κ1) is 18.9. The van der Waals surface area contributed by atoms with E-state index in [1.807, 2.05) is 50.2 Å². The average molecular weight is 370 g/mol. The van der Waals surface area contributed by atoms with Gasteiger partial charge in [-0.15, -0.1) is 0 Å². The highest BCUT2D eigenvalue weighted by atomic mass is 16.2. The van der Waals surface area contributed by atoms with Gasteiger partial charge in [0.05, 0.1) is 18.8 Å². The van der Waals surface area contributed by atoms with E-state index in [1.165, 1.54) is 0 Å². The molecule has 0 bridgehead atoms. The van der Waals surface area contributed by atoms with Crippen LogP contribution in [0.4, 0.5) is 10.5 Å². The van der Waals surface area contributed by atoms with Gasteiger partial charge in [0.2, 0.25) is 0 Å². The molecule has 0 atom stereocenters. The molecule has 8 nitrogen and oxygen atoms in total. The molecule has 2 heterocycles. The van der Waals surface area contributed by atoms with E-state index in [0.717, 1.165) is 23.5 Å². The molecular weight excluding hydrogens is 344 g/mol. The van der Waals surface area contributed by atoms with Gasteiger partial charge in [0.15, 0.2) is 5.69 Å². The van der Waals surface area contributed by atoms with E-state index >= 15 is 0 Å². The number of amides is 3. The number of hydrogen-bond acceptors (Lipinski definition) is 4. The molecule has 1 aromatic carbocycles. The quantitative estimate of drug-likeness (QED) is 0.836. The Morgan fingerprint density at radius 1 is 1.22 bits per heavy atom. The molecule has 2 N–H and O–H groups in total. The SMILES string of the molecule is Cc1cccc(NC(=O)N2CCn3nc(C(=O)NCCN(C)C)cc3C2)c1. The highest BCUT2D eigenvalue weighted by Crippen LogP contribution is 2.16. The third-order valence-corrected chi connectivity index (χ3v) is 4.43. The van der Waals surface area contributed by atoms with Gasteiger partial charge < -0.3 is 20.4 Å². The molecule has 0 saturated heterocycles. The van der Waals surface area contributed by atoms with Crippen molar-refractivity contribution in [1.29, 1.82) is 0 Å². The summed E-state index contributed by atoms with van der Waals surface area (Å²) in [7, 11) is 3.91. The average Bonchev–Trinajstić information content (AvgIpc) is 3.04. The Balaban J connectivity index is 1.60. The molecule has 1 aromatic heterocycles. The Hall–Kier alpha value is -2.87. The standard InChI is InChI=1S/C19H26N6O2/c1-14-5-4-6-15(11-14)21-19(27)24-9-10-25-16(13-24)12-17(22-25)18(26)20-7-8-23(2)3/h4-6,11-12H,7-10,13H2,1-3H3,(H,20,26)(H,21,27). The third kappa shape index (κ3) is 4.85. The van der Waals surface area contributed by atoms with Crippen molar-refractivity contribution in [3.8, 4) is 0 Å². The Labute approximate surface area is 159 Å². The van der Waals surface area contributed by atoms with Crippen molar-refractivity contribution in [3.05, 3.63) is 47.3 Å². The first-order valence-electron chi connectivity index (χ1n) is 9.04. The van der Waals surface area contributed by atoms with E-state index in [4.69, 9.17) is 0 Å². The van der Waals surface area contributed by atoms with E-state index < -0.39 is 0 Å². The van der Waals surface area contributed by atoms with Gasteiger partial charge in [-0.2, -0.15) is 5.10 Å². The summed E-state index contributed by atoms with van der Waals surface area (Å²) in [6, 6.07) is 9.32. The van der Waals surface area contributed by atoms with E-state index in [1.54, 1.807) is 15.6 Å². The molecule has 27 heavy (non-hydrogen) atoms. The summed E-state index contributed by atoms with van der Waals surface area (Å²) < 4.78 is 1.80. The van der Waals surface area contributed by atoms with Crippen LogP contribution in [0, 0.1) is 6.92 Å². The zero-order chi connectivity index (χ0) is 19.4. The summed E-state index contributed by atoms with van der Waals surface area (Å²) >= 11 is 0. The maximum Gasteiger partial charge on any atom is 0.322 e. The van der Waals surface area contributed by atoms with Crippen LogP contribution in [0.25, 0.3) is 0 Å². The van der Waals surface area contributed by atoms with E-state index in [9.17, 15) is 9.59 Å². The van der Waals surface area contributed by atoms with Crippen LogP contribution >= 0.6 is 0 Å². The van der Waals surface area contributed by atoms with Crippen LogP contribution < -0.4 is 10.6 Å². The summed E-state index contributed by atoms with van der Waals surface area (Å²) in [6.07, 6.45) is 0. The Morgan fingerprint density at radius 2 is 2.04 bits per heavy atom. The number of nitrogens with one attached hydrogen (secondary N) is 2. The van der Waals surface area contributed by atoms with Crippen LogP contribution in [-0.4, -0.2) is 65.2 Å². The number of aromatic nitrogens is 2. The minimum absolute atomic E-state index is 0.148. The van der Waals surface area contributed by atoms with Gasteiger partial charge in [0, 0.05) is 25.3 Å². The lowest BCUT2D eigenvalue weighted by atomic mass is 10.2. The summed E-state index contributed by atoms with van der Waals surface area (Å²) in [5, 5.41) is 10.2. The molecule has 0 spiro atoms. The fourth-order valence-corrected chi connectivity index (χ4v) is 2.96. The lowest BCUT2D eigenvalue weighted by Crippen LogP contribution is -2.40. The van der Waals surface area contributed by atoms with Crippen LogP contribution in [0.5, 0.6) is 0 Å². The van der Waals surface area contributed by atoms with Crippen molar-refractivity contribution >= 4 is 17.6 Å². The molecule has 0 radical (unpaired) electrons. The van der Waals surface area contributed by atoms with Crippen molar-refractivity contribution in [1.82, 2.24) is 24.9 Å². The smallest absolute Gasteiger partial charge is 0.322 e. The summed E-state index contributed by atoms with van der Waals surface area (Å²) in [5.41, 5.74) is 3.12. The van der Waals surface area contributed by atoms with E-state index in [-0.39, 0.29) is 11.9 Å². The number of aryl methyl sites for hydroxylation is 1. The predicted molar refractivity (Wildman–Crippen MR) is 104 cm³/mol. The van der Waals surface area contributed by atoms with Crippen LogP contribution in [0.1, 0.15) is 21.7 Å². The number of urea groups is 1. The van der Waals surface area contributed by atoms with Crippen molar-refractivity contribution in [2.24, 2.45) is 0 Å². The first-order chi connectivity index (χ1) is 12.9. The normalized spacial score (nSPS) is 13.4. The molecule has 8 heteroatoms. The second-order valence-corrected chi connectivity index (χ2v) is 7.02. The Bertz CT molecular complexity index is 829. The number of nitrogens with zero attached hydrogens (tertiary/aromatic N) is 4. The molecule has 1 aliphatic heterocycles. The molecular formula is C19H26N6O2. The fourth-order valence-electron chi connectivity index (χ4n) is 2.96. The number of carbonyl (C=O) groups is 2. The topological polar surface area (TPSA) is 82.5 Å². The zero-order valence-electron chi connectivity index (χ0n) is 16.0. The predicted octanol–water partition coefficient (Wildman–Crippen LogP) is 1.53. The van der Waals surface area contributed by atoms with Gasteiger partial charge in [0.1, 0.15) is 0 Å². The lowest BCUT2D eigenvalue weighted by Gasteiger charge is -2.27. The number of fused-ring (bicyclic) bond motifs is 1. The molecule has 3 rings (SSSR count). The van der Waals surface area contributed by atoms with E-state index in [2.05, 4.69) is 15.7 Å². The summed E-state index contributed by atoms with van der Waals surface area (Å²) in [6.45, 7) is 4.87. The second-order valence-electron chi connectivity index (χ2n) is 7.02. The highest BCUT2D eigenvalue weighted by molar-refractivity contribution is 5.92. The van der Waals surface area contributed by atoms with Gasteiger partial charge in [-0.1, -0.05) is 12.1 Å². The van der Waals surface area contributed by atoms with Gasteiger partial charge in [-0.3, -0.25) is 9.48 Å². The number of hydrogen-bond donors (Lipinski definition) is 2. The van der Waals surface area contributed by atoms with Crippen molar-refractivity contribution in [2.45, 2.75) is 20.0 Å². The van der Waals surface area contributed by atoms with Crippen LogP contribution in [0.3, 0.4) is 0 Å². The van der Waals surface area contributed by atoms with Crippen molar-refractivity contribution in [2.75, 3.05) is 39.0 Å². The van der Waals surface area contributed by atoms with Crippen molar-refractivity contribution < 1.29 is 9.59 Å². The molecule has 0 unspecified atom stereocenters. The minimum atomic E-state index is -0.186. The Morgan fingerprint density at radius 3 is 2.78 bits per heavy atom.